The average molecular weight is 652 g/mol. The zero-order chi connectivity index (χ0) is 34.5. The molecule has 0 spiro atoms. The van der Waals surface area contributed by atoms with Crippen LogP contribution in [0.5, 0.6) is 0 Å². The Morgan fingerprint density at radius 2 is 1.62 bits per heavy atom. The molecule has 0 aromatic carbocycles. The van der Waals surface area contributed by atoms with Crippen molar-refractivity contribution >= 4 is 29.5 Å². The first kappa shape index (κ1) is 36.5. The number of likely N-dealkylation sites (tertiary alicyclic amines) is 1. The molecule has 260 valence electrons. The number of Topliss-reactive ketones (excluding diaryl/α,β-unsaturated/α-hetero) is 1. The zero-order valence-electron chi connectivity index (χ0n) is 29.1. The lowest BCUT2D eigenvalue weighted by Gasteiger charge is -2.48. The van der Waals surface area contributed by atoms with Crippen LogP contribution in [0.1, 0.15) is 124 Å². The molecule has 3 aliphatic carbocycles. The Hall–Kier alpha value is -3.35. The Labute approximate surface area is 281 Å². The molecule has 1 heterocycles. The molecule has 2 bridgehead atoms. The number of rotatable bonds is 13. The molecule has 0 aromatic heterocycles. The molecule has 0 radical (unpaired) electrons. The van der Waals surface area contributed by atoms with Gasteiger partial charge >= 0.3 is 6.03 Å². The summed E-state index contributed by atoms with van der Waals surface area (Å²) in [5.41, 5.74) is -2.19. The van der Waals surface area contributed by atoms with Gasteiger partial charge in [-0.3, -0.25) is 19.2 Å². The molecule has 4 aliphatic rings. The number of piperidine rings is 1. The van der Waals surface area contributed by atoms with E-state index < -0.39 is 40.6 Å². The predicted octanol–water partition coefficient (Wildman–Crippen LogP) is 4.52. The fourth-order valence-electron chi connectivity index (χ4n) is 8.90. The van der Waals surface area contributed by atoms with Gasteiger partial charge in [0.15, 0.2) is 0 Å². The van der Waals surface area contributed by atoms with Crippen molar-refractivity contribution in [2.45, 2.75) is 147 Å². The summed E-state index contributed by atoms with van der Waals surface area (Å²) in [6, 6.07) is -2.27. The summed E-state index contributed by atoms with van der Waals surface area (Å²) < 4.78 is 0. The smallest absolute Gasteiger partial charge is 0.315 e. The van der Waals surface area contributed by atoms with Gasteiger partial charge in [-0.25, -0.2) is 4.79 Å². The van der Waals surface area contributed by atoms with Gasteiger partial charge in [0.1, 0.15) is 11.6 Å². The minimum atomic E-state index is -1.22. The topological polar surface area (TPSA) is 137 Å². The Morgan fingerprint density at radius 1 is 0.979 bits per heavy atom. The fourth-order valence-corrected chi connectivity index (χ4v) is 8.90. The van der Waals surface area contributed by atoms with Crippen molar-refractivity contribution in [3.8, 4) is 12.3 Å². The van der Waals surface area contributed by atoms with Gasteiger partial charge in [-0.2, -0.15) is 0 Å². The molecule has 0 aromatic rings. The molecule has 1 aliphatic heterocycles. The Balaban J connectivity index is 1.63. The molecule has 10 nitrogen and oxygen atoms in total. The average Bonchev–Trinajstić information content (AvgIpc) is 3.57. The van der Waals surface area contributed by atoms with Crippen LogP contribution < -0.4 is 21.3 Å². The molecule has 4 rings (SSSR count). The van der Waals surface area contributed by atoms with Crippen LogP contribution in [0.3, 0.4) is 0 Å². The summed E-state index contributed by atoms with van der Waals surface area (Å²) in [6.07, 6.45) is 18.7. The normalized spacial score (nSPS) is 26.6. The van der Waals surface area contributed by atoms with E-state index >= 15 is 0 Å². The molecule has 5 amide bonds. The number of ketones is 1. The molecular weight excluding hydrogens is 594 g/mol. The van der Waals surface area contributed by atoms with Gasteiger partial charge in [-0.05, 0) is 68.1 Å². The van der Waals surface area contributed by atoms with Crippen LogP contribution in [0.4, 0.5) is 4.79 Å². The number of nitrogens with one attached hydrogen (secondary N) is 4. The second-order valence-electron chi connectivity index (χ2n) is 15.6. The molecule has 1 saturated heterocycles. The lowest BCUT2D eigenvalue weighted by Crippen LogP contribution is -2.67. The number of fused-ring (bicyclic) bond motifs is 2. The van der Waals surface area contributed by atoms with Gasteiger partial charge < -0.3 is 26.2 Å². The largest absolute Gasteiger partial charge is 0.346 e. The maximum absolute atomic E-state index is 14.9. The molecule has 10 heteroatoms. The van der Waals surface area contributed by atoms with E-state index in [0.29, 0.717) is 19.4 Å². The maximum atomic E-state index is 14.9. The minimum Gasteiger partial charge on any atom is -0.346 e. The molecule has 4 N–H and O–H groups in total. The summed E-state index contributed by atoms with van der Waals surface area (Å²) in [7, 11) is 0. The van der Waals surface area contributed by atoms with Crippen molar-refractivity contribution in [1.82, 2.24) is 26.2 Å². The van der Waals surface area contributed by atoms with E-state index in [1.54, 1.807) is 4.90 Å². The van der Waals surface area contributed by atoms with E-state index in [9.17, 15) is 24.0 Å². The number of amides is 5. The highest BCUT2D eigenvalue weighted by atomic mass is 16.2. The van der Waals surface area contributed by atoms with E-state index in [4.69, 9.17) is 6.42 Å². The Bertz CT molecular complexity index is 1260. The van der Waals surface area contributed by atoms with Crippen molar-refractivity contribution < 1.29 is 24.0 Å². The van der Waals surface area contributed by atoms with Crippen LogP contribution in [0.15, 0.2) is 12.7 Å². The van der Waals surface area contributed by atoms with E-state index in [2.05, 4.69) is 61.5 Å². The monoisotopic (exact) mass is 651 g/mol. The molecule has 3 unspecified atom stereocenters. The van der Waals surface area contributed by atoms with Gasteiger partial charge in [0.2, 0.25) is 17.6 Å². The highest BCUT2D eigenvalue weighted by Gasteiger charge is 2.65. The quantitative estimate of drug-likeness (QED) is 0.132. The van der Waals surface area contributed by atoms with E-state index in [0.717, 1.165) is 70.6 Å². The lowest BCUT2D eigenvalue weighted by atomic mass is 9.69. The second-order valence-corrected chi connectivity index (χ2v) is 15.6. The van der Waals surface area contributed by atoms with Gasteiger partial charge in [0.05, 0.1) is 6.04 Å². The first-order valence-electron chi connectivity index (χ1n) is 17.8. The van der Waals surface area contributed by atoms with Crippen LogP contribution in [0.2, 0.25) is 0 Å². The van der Waals surface area contributed by atoms with Crippen LogP contribution >= 0.6 is 0 Å². The van der Waals surface area contributed by atoms with Crippen molar-refractivity contribution in [2.24, 2.45) is 16.7 Å². The third kappa shape index (κ3) is 7.70. The van der Waals surface area contributed by atoms with Crippen molar-refractivity contribution in [3.63, 3.8) is 0 Å². The molecule has 4 atom stereocenters. The van der Waals surface area contributed by atoms with E-state index in [-0.39, 0.29) is 48.2 Å². The molecular formula is C37H57N5O5. The number of nitrogens with zero attached hydrogens (tertiary/aromatic N) is 1. The summed E-state index contributed by atoms with van der Waals surface area (Å²) in [5, 5.41) is 11.8. The Kier molecular flexibility index (Phi) is 11.5. The third-order valence-corrected chi connectivity index (χ3v) is 12.0. The minimum absolute atomic E-state index is 0.0622. The zero-order valence-corrected chi connectivity index (χ0v) is 29.1. The first-order chi connectivity index (χ1) is 22.3. The van der Waals surface area contributed by atoms with Crippen molar-refractivity contribution in [2.75, 3.05) is 13.1 Å². The first-order valence-corrected chi connectivity index (χ1v) is 17.8. The van der Waals surface area contributed by atoms with Gasteiger partial charge in [0.25, 0.3) is 5.91 Å². The number of hydrogen-bond donors (Lipinski definition) is 4. The SMILES string of the molecule is C#CCCC(NC(=O)C12CC(CN1C(=O)[C@@H](NC(=O)NC1(CC)CCCCC1)C1(C)CCCCC1)C(C)(C)C2)C(=O)C(=O)NCC=C. The summed E-state index contributed by atoms with van der Waals surface area (Å²) in [4.78, 5) is 70.6. The summed E-state index contributed by atoms with van der Waals surface area (Å²) >= 11 is 0. The third-order valence-electron chi connectivity index (χ3n) is 12.0. The fraction of sp³-hybridized carbons (Fsp3) is 0.757. The highest BCUT2D eigenvalue weighted by Crippen LogP contribution is 2.57. The van der Waals surface area contributed by atoms with Crippen LogP contribution in [0, 0.1) is 29.1 Å². The predicted molar refractivity (Wildman–Crippen MR) is 182 cm³/mol. The van der Waals surface area contributed by atoms with Crippen LogP contribution in [-0.2, 0) is 19.2 Å². The van der Waals surface area contributed by atoms with E-state index in [1.807, 2.05) is 0 Å². The standard InChI is InChI=1S/C37H57N5O5/c1-7-10-17-27(28(43)30(44)38-22-8-2)39-32(46)37-23-26(34(4,5)25-37)24-42(37)31(45)29(35(6)18-13-11-14-19-35)40-33(47)41-36(9-3)20-15-12-16-21-36/h1,8,26-27,29H,2,9-25H2,3-6H3,(H,38,44)(H,39,46)(H2,40,41,47)/t26?,27?,29-,37?/m1/s1. The second kappa shape index (κ2) is 14.8. The number of carbonyl (C=O) groups is 5. The lowest BCUT2D eigenvalue weighted by molar-refractivity contribution is -0.153. The number of hydrogen-bond acceptors (Lipinski definition) is 5. The van der Waals surface area contributed by atoms with E-state index in [1.165, 1.54) is 6.08 Å². The van der Waals surface area contributed by atoms with Crippen LogP contribution in [0.25, 0.3) is 0 Å². The van der Waals surface area contributed by atoms with Gasteiger partial charge in [-0.15, -0.1) is 18.9 Å². The van der Waals surface area contributed by atoms with Crippen molar-refractivity contribution in [1.29, 1.82) is 0 Å². The number of terminal acetylenes is 1. The maximum Gasteiger partial charge on any atom is 0.315 e. The number of urea groups is 1. The molecule has 4 fully saturated rings. The Morgan fingerprint density at radius 3 is 2.19 bits per heavy atom. The van der Waals surface area contributed by atoms with Gasteiger partial charge in [0, 0.05) is 25.0 Å². The van der Waals surface area contributed by atoms with Gasteiger partial charge in [-0.1, -0.05) is 72.3 Å². The summed E-state index contributed by atoms with van der Waals surface area (Å²) in [5.74, 6) is 0.258. The molecule has 47 heavy (non-hydrogen) atoms. The summed E-state index contributed by atoms with van der Waals surface area (Å²) in [6.45, 7) is 12.5. The number of carbonyl (C=O) groups excluding carboxylic acids is 5. The molecule has 3 saturated carbocycles. The highest BCUT2D eigenvalue weighted by molar-refractivity contribution is 6.38. The van der Waals surface area contributed by atoms with Crippen molar-refractivity contribution in [3.05, 3.63) is 12.7 Å². The van der Waals surface area contributed by atoms with Crippen LogP contribution in [-0.4, -0.2) is 70.7 Å².